The summed E-state index contributed by atoms with van der Waals surface area (Å²) in [5, 5.41) is 12.2. The molecule has 10 nitrogen and oxygen atoms in total. The summed E-state index contributed by atoms with van der Waals surface area (Å²) < 4.78 is 38.7. The maximum atomic E-state index is 15.1. The van der Waals surface area contributed by atoms with Crippen molar-refractivity contribution in [1.29, 1.82) is 0 Å². The number of carboxylic acid groups (broad SMARTS) is 1. The number of carbonyl (C=O) groups excluding carboxylic acids is 1. The van der Waals surface area contributed by atoms with Crippen LogP contribution in [-0.2, 0) is 23.0 Å². The Bertz CT molecular complexity index is 1740. The van der Waals surface area contributed by atoms with E-state index < -0.39 is 35.1 Å². The first-order valence-electron chi connectivity index (χ1n) is 13.5. The maximum Gasteiger partial charge on any atom is 0.326 e. The van der Waals surface area contributed by atoms with Crippen molar-refractivity contribution in [3.8, 4) is 11.1 Å². The number of halogens is 2. The summed E-state index contributed by atoms with van der Waals surface area (Å²) in [4.78, 5) is 44.4. The lowest BCUT2D eigenvalue weighted by Gasteiger charge is -2.35. The summed E-state index contributed by atoms with van der Waals surface area (Å²) in [6, 6.07) is 5.74. The molecule has 0 aliphatic carbocycles. The third-order valence-electron chi connectivity index (χ3n) is 7.74. The normalized spacial score (nSPS) is 16.0. The van der Waals surface area contributed by atoms with Crippen LogP contribution in [0.4, 0.5) is 14.5 Å². The number of pyridine rings is 2. The molecule has 12 heteroatoms. The fraction of sp³-hybridized carbons (Fsp3) is 0.333. The molecule has 4 heterocycles. The van der Waals surface area contributed by atoms with E-state index in [1.165, 1.54) is 10.8 Å². The second-order valence-corrected chi connectivity index (χ2v) is 10.5. The number of carboxylic acids is 1. The number of nitrogens with zero attached hydrogens (tertiary/aromatic N) is 4. The molecule has 1 aliphatic rings. The lowest BCUT2D eigenvalue weighted by atomic mass is 10.0. The van der Waals surface area contributed by atoms with Gasteiger partial charge in [0.15, 0.2) is 0 Å². The Morgan fingerprint density at radius 2 is 1.90 bits per heavy atom. The highest BCUT2D eigenvalue weighted by molar-refractivity contribution is 5.97. The molecular weight excluding hydrogens is 548 g/mol. The molecule has 0 radical (unpaired) electrons. The number of hydrogen-bond acceptors (Lipinski definition) is 6. The molecule has 0 bridgehead atoms. The van der Waals surface area contributed by atoms with Crippen LogP contribution >= 0.6 is 0 Å². The van der Waals surface area contributed by atoms with Crippen molar-refractivity contribution in [2.24, 2.45) is 7.05 Å². The van der Waals surface area contributed by atoms with Gasteiger partial charge < -0.3 is 29.0 Å². The molecule has 1 amide bonds. The number of nitrogens with one attached hydrogen (secondary N) is 1. The maximum absolute atomic E-state index is 15.1. The quantitative estimate of drug-likeness (QED) is 0.345. The Labute approximate surface area is 240 Å². The van der Waals surface area contributed by atoms with E-state index in [1.807, 2.05) is 26.8 Å². The molecule has 5 rings (SSSR count). The number of anilines is 1. The first-order valence-corrected chi connectivity index (χ1v) is 13.5. The van der Waals surface area contributed by atoms with Gasteiger partial charge in [0.25, 0.3) is 11.5 Å². The zero-order valence-electron chi connectivity index (χ0n) is 23.6. The van der Waals surface area contributed by atoms with Gasteiger partial charge in [0.05, 0.1) is 18.8 Å². The Hall–Kier alpha value is -4.58. The second-order valence-electron chi connectivity index (χ2n) is 10.5. The summed E-state index contributed by atoms with van der Waals surface area (Å²) in [6.07, 6.45) is 2.92. The number of aliphatic carboxylic acids is 1. The first-order chi connectivity index (χ1) is 20.0. The summed E-state index contributed by atoms with van der Waals surface area (Å²) in [6.45, 7) is 6.77. The minimum absolute atomic E-state index is 0.113. The van der Waals surface area contributed by atoms with Crippen LogP contribution in [0.25, 0.3) is 16.8 Å². The Kier molecular flexibility index (Phi) is 7.83. The van der Waals surface area contributed by atoms with Crippen LogP contribution in [-0.4, -0.2) is 62.8 Å². The second kappa shape index (κ2) is 11.4. The highest BCUT2D eigenvalue weighted by Crippen LogP contribution is 2.27. The Morgan fingerprint density at radius 1 is 1.19 bits per heavy atom. The zero-order valence-corrected chi connectivity index (χ0v) is 23.6. The number of rotatable bonds is 7. The molecule has 2 atom stereocenters. The van der Waals surface area contributed by atoms with Crippen molar-refractivity contribution in [3.05, 3.63) is 87.2 Å². The standard InChI is InChI=1S/C30H31F2N5O5/c1-16-11-17(2)35(4)29(39)25(16)21-6-5-19(37-8-7-33-27(21)37)14-24(30(40)41)34-28(38)26-22(31)12-20(13-23(26)32)36-9-10-42-15-18(36)3/h5-8,11-13,18,24H,9-10,14-15H2,1-4H3,(H,34,38)(H,40,41)/t18-,24-/m0/s1. The largest absolute Gasteiger partial charge is 0.480 e. The van der Waals surface area contributed by atoms with E-state index in [-0.39, 0.29) is 23.7 Å². The number of carbonyl (C=O) groups is 2. The number of aromatic nitrogens is 3. The van der Waals surface area contributed by atoms with Crippen LogP contribution in [0.3, 0.4) is 0 Å². The number of benzene rings is 1. The van der Waals surface area contributed by atoms with E-state index in [0.717, 1.165) is 23.4 Å². The van der Waals surface area contributed by atoms with Crippen LogP contribution in [0.2, 0.25) is 0 Å². The summed E-state index contributed by atoms with van der Waals surface area (Å²) in [5.41, 5.74) is 2.70. The molecule has 1 saturated heterocycles. The fourth-order valence-electron chi connectivity index (χ4n) is 5.43. The number of imidazole rings is 1. The van der Waals surface area contributed by atoms with Gasteiger partial charge in [-0.3, -0.25) is 9.59 Å². The highest BCUT2D eigenvalue weighted by atomic mass is 19.1. The topological polar surface area (TPSA) is 118 Å². The lowest BCUT2D eigenvalue weighted by molar-refractivity contribution is -0.139. The molecule has 0 unspecified atom stereocenters. The van der Waals surface area contributed by atoms with Gasteiger partial charge >= 0.3 is 5.97 Å². The third-order valence-corrected chi connectivity index (χ3v) is 7.74. The van der Waals surface area contributed by atoms with Gasteiger partial charge in [-0.1, -0.05) is 0 Å². The number of amides is 1. The van der Waals surface area contributed by atoms with Gasteiger partial charge in [-0.25, -0.2) is 18.6 Å². The number of morpholine rings is 1. The van der Waals surface area contributed by atoms with Gasteiger partial charge in [-0.2, -0.15) is 0 Å². The van der Waals surface area contributed by atoms with E-state index in [4.69, 9.17) is 4.74 Å². The predicted molar refractivity (Wildman–Crippen MR) is 152 cm³/mol. The Morgan fingerprint density at radius 3 is 2.57 bits per heavy atom. The average Bonchev–Trinajstić information content (AvgIpc) is 3.43. The molecule has 1 aromatic carbocycles. The fourth-order valence-corrected chi connectivity index (χ4v) is 5.43. The van der Waals surface area contributed by atoms with E-state index in [2.05, 4.69) is 10.3 Å². The molecule has 42 heavy (non-hydrogen) atoms. The number of ether oxygens (including phenoxy) is 1. The van der Waals surface area contributed by atoms with Crippen molar-refractivity contribution < 1.29 is 28.2 Å². The van der Waals surface area contributed by atoms with E-state index in [1.54, 1.807) is 34.7 Å². The van der Waals surface area contributed by atoms with E-state index >= 15 is 8.78 Å². The molecule has 4 aromatic rings. The SMILES string of the molecule is Cc1cc(C)n(C)c(=O)c1-c1ccc(C[C@H](NC(=O)c2c(F)cc(N3CCOC[C@@H]3C)cc2F)C(=O)O)n2ccnc12. The van der Waals surface area contributed by atoms with Crippen LogP contribution < -0.4 is 15.8 Å². The molecule has 1 fully saturated rings. The summed E-state index contributed by atoms with van der Waals surface area (Å²) >= 11 is 0. The smallest absolute Gasteiger partial charge is 0.326 e. The van der Waals surface area contributed by atoms with Crippen molar-refractivity contribution in [3.63, 3.8) is 0 Å². The van der Waals surface area contributed by atoms with E-state index in [0.29, 0.717) is 42.2 Å². The summed E-state index contributed by atoms with van der Waals surface area (Å²) in [7, 11) is 1.68. The molecule has 2 N–H and O–H groups in total. The van der Waals surface area contributed by atoms with Crippen molar-refractivity contribution in [2.75, 3.05) is 24.7 Å². The minimum atomic E-state index is -1.51. The van der Waals surface area contributed by atoms with E-state index in [9.17, 15) is 19.5 Å². The van der Waals surface area contributed by atoms with Gasteiger partial charge in [0.2, 0.25) is 0 Å². The lowest BCUT2D eigenvalue weighted by Crippen LogP contribution is -2.44. The molecular formula is C30H31F2N5O5. The average molecular weight is 580 g/mol. The number of fused-ring (bicyclic) bond motifs is 1. The molecule has 1 aliphatic heterocycles. The highest BCUT2D eigenvalue weighted by Gasteiger charge is 2.28. The Balaban J connectivity index is 1.43. The number of aryl methyl sites for hydroxylation is 2. The van der Waals surface area contributed by atoms with Crippen LogP contribution in [0, 0.1) is 25.5 Å². The molecule has 0 saturated carbocycles. The van der Waals surface area contributed by atoms with Crippen LogP contribution in [0.15, 0.2) is 47.5 Å². The zero-order chi connectivity index (χ0) is 30.3. The van der Waals surface area contributed by atoms with Gasteiger partial charge in [-0.15, -0.1) is 0 Å². The summed E-state index contributed by atoms with van der Waals surface area (Å²) in [5.74, 6) is -4.76. The van der Waals surface area contributed by atoms with Gasteiger partial charge in [0, 0.05) is 61.1 Å². The van der Waals surface area contributed by atoms with Crippen LogP contribution in [0.5, 0.6) is 0 Å². The predicted octanol–water partition coefficient (Wildman–Crippen LogP) is 3.25. The molecule has 220 valence electrons. The molecule has 3 aromatic heterocycles. The van der Waals surface area contributed by atoms with Crippen molar-refractivity contribution in [2.45, 2.75) is 39.3 Å². The third kappa shape index (κ3) is 5.25. The van der Waals surface area contributed by atoms with Gasteiger partial charge in [-0.05, 0) is 56.7 Å². The van der Waals surface area contributed by atoms with Gasteiger partial charge in [0.1, 0.15) is 28.9 Å². The minimum Gasteiger partial charge on any atom is -0.480 e. The van der Waals surface area contributed by atoms with Crippen molar-refractivity contribution >= 4 is 23.2 Å². The molecule has 0 spiro atoms. The monoisotopic (exact) mass is 579 g/mol. The van der Waals surface area contributed by atoms with Crippen LogP contribution in [0.1, 0.15) is 34.2 Å². The van der Waals surface area contributed by atoms with Crippen molar-refractivity contribution in [1.82, 2.24) is 19.3 Å². The number of hydrogen-bond donors (Lipinski definition) is 2. The first kappa shape index (κ1) is 28.9.